The van der Waals surface area contributed by atoms with E-state index in [4.69, 9.17) is 11.6 Å². The van der Waals surface area contributed by atoms with Crippen LogP contribution in [-0.2, 0) is 6.18 Å². The predicted octanol–water partition coefficient (Wildman–Crippen LogP) is 4.76. The van der Waals surface area contributed by atoms with Crippen molar-refractivity contribution in [1.82, 2.24) is 4.98 Å². The van der Waals surface area contributed by atoms with E-state index in [2.05, 4.69) is 4.98 Å². The molecular formula is C13H15ClF3N. The Morgan fingerprint density at radius 2 is 1.94 bits per heavy atom. The fourth-order valence-corrected chi connectivity index (χ4v) is 2.94. The number of aromatic nitrogens is 1. The summed E-state index contributed by atoms with van der Waals surface area (Å²) in [4.78, 5) is 3.85. The number of pyridine rings is 1. The smallest absolute Gasteiger partial charge is 0.264 e. The van der Waals surface area contributed by atoms with Crippen LogP contribution in [0.4, 0.5) is 13.2 Å². The zero-order valence-corrected chi connectivity index (χ0v) is 10.6. The van der Waals surface area contributed by atoms with Crippen molar-refractivity contribution in [3.8, 4) is 0 Å². The third-order valence-corrected chi connectivity index (χ3v) is 3.85. The van der Waals surface area contributed by atoms with Crippen molar-refractivity contribution in [3.05, 3.63) is 29.6 Å². The molecule has 100 valence electrons. The van der Waals surface area contributed by atoms with Gasteiger partial charge in [-0.15, -0.1) is 11.6 Å². The van der Waals surface area contributed by atoms with Crippen LogP contribution in [0.25, 0.3) is 0 Å². The summed E-state index contributed by atoms with van der Waals surface area (Å²) >= 11 is 6.13. The van der Waals surface area contributed by atoms with E-state index in [0.29, 0.717) is 12.0 Å². The van der Waals surface area contributed by atoms with Crippen LogP contribution >= 0.6 is 11.6 Å². The first-order chi connectivity index (χ1) is 8.48. The second-order valence-electron chi connectivity index (χ2n) is 4.78. The molecule has 1 aromatic heterocycles. The molecule has 0 radical (unpaired) electrons. The molecule has 0 saturated heterocycles. The van der Waals surface area contributed by atoms with Gasteiger partial charge in [0.05, 0.1) is 5.56 Å². The van der Waals surface area contributed by atoms with Crippen molar-refractivity contribution >= 4 is 11.6 Å². The molecule has 1 heterocycles. The van der Waals surface area contributed by atoms with Gasteiger partial charge in [0.25, 0.3) is 0 Å². The van der Waals surface area contributed by atoms with Gasteiger partial charge in [0.2, 0.25) is 0 Å². The molecular weight excluding hydrogens is 263 g/mol. The molecule has 0 spiro atoms. The standard InChI is InChI=1S/C13H15ClF3N/c14-10-4-2-1-3-9(7-10)11-8-18-6-5-12(11)13(15,16)17/h5-6,8-10H,1-4,7H2. The number of hydrogen-bond donors (Lipinski definition) is 0. The Labute approximate surface area is 109 Å². The fraction of sp³-hybridized carbons (Fsp3) is 0.615. The van der Waals surface area contributed by atoms with Gasteiger partial charge >= 0.3 is 6.18 Å². The summed E-state index contributed by atoms with van der Waals surface area (Å²) in [5, 5.41) is -0.0289. The molecule has 1 nitrogen and oxygen atoms in total. The van der Waals surface area contributed by atoms with Crippen LogP contribution in [-0.4, -0.2) is 10.4 Å². The number of rotatable bonds is 1. The van der Waals surface area contributed by atoms with Crippen LogP contribution in [0.3, 0.4) is 0 Å². The van der Waals surface area contributed by atoms with Crippen molar-refractivity contribution in [2.24, 2.45) is 0 Å². The average Bonchev–Trinajstić information content (AvgIpc) is 2.53. The maximum absolute atomic E-state index is 12.9. The van der Waals surface area contributed by atoms with Crippen LogP contribution < -0.4 is 0 Å². The van der Waals surface area contributed by atoms with Gasteiger partial charge < -0.3 is 0 Å². The number of nitrogens with zero attached hydrogens (tertiary/aromatic N) is 1. The zero-order valence-electron chi connectivity index (χ0n) is 9.88. The minimum Gasteiger partial charge on any atom is -0.264 e. The molecule has 2 rings (SSSR count). The van der Waals surface area contributed by atoms with Gasteiger partial charge in [0.1, 0.15) is 0 Å². The SMILES string of the molecule is FC(F)(F)c1ccncc1C1CCCCC(Cl)C1. The summed E-state index contributed by atoms with van der Waals surface area (Å²) in [5.74, 6) is -0.125. The zero-order chi connectivity index (χ0) is 13.2. The van der Waals surface area contributed by atoms with Gasteiger partial charge in [-0.1, -0.05) is 12.8 Å². The summed E-state index contributed by atoms with van der Waals surface area (Å²) in [5.41, 5.74) is -0.259. The molecule has 0 amide bonds. The lowest BCUT2D eigenvalue weighted by Gasteiger charge is -2.20. The van der Waals surface area contributed by atoms with E-state index in [9.17, 15) is 13.2 Å². The summed E-state index contributed by atoms with van der Waals surface area (Å²) < 4.78 is 38.8. The third-order valence-electron chi connectivity index (χ3n) is 3.46. The maximum atomic E-state index is 12.9. The van der Waals surface area contributed by atoms with Gasteiger partial charge in [0, 0.05) is 17.8 Å². The third kappa shape index (κ3) is 3.16. The van der Waals surface area contributed by atoms with E-state index in [1.807, 2.05) is 0 Å². The van der Waals surface area contributed by atoms with Crippen molar-refractivity contribution < 1.29 is 13.2 Å². The molecule has 1 fully saturated rings. The van der Waals surface area contributed by atoms with Gasteiger partial charge in [-0.05, 0) is 36.8 Å². The Hall–Kier alpha value is -0.770. The normalized spacial score (nSPS) is 25.8. The number of halogens is 4. The minimum absolute atomic E-state index is 0.0289. The van der Waals surface area contributed by atoms with E-state index in [0.717, 1.165) is 31.7 Å². The Balaban J connectivity index is 2.32. The highest BCUT2D eigenvalue weighted by molar-refractivity contribution is 6.20. The molecule has 1 saturated carbocycles. The van der Waals surface area contributed by atoms with Crippen LogP contribution in [0.5, 0.6) is 0 Å². The quantitative estimate of drug-likeness (QED) is 0.533. The highest BCUT2D eigenvalue weighted by atomic mass is 35.5. The average molecular weight is 278 g/mol. The first kappa shape index (κ1) is 13.7. The van der Waals surface area contributed by atoms with E-state index in [1.54, 1.807) is 0 Å². The Morgan fingerprint density at radius 3 is 2.67 bits per heavy atom. The van der Waals surface area contributed by atoms with Crippen molar-refractivity contribution in [3.63, 3.8) is 0 Å². The maximum Gasteiger partial charge on any atom is 0.416 e. The molecule has 1 aliphatic carbocycles. The Morgan fingerprint density at radius 1 is 1.22 bits per heavy atom. The predicted molar refractivity (Wildman–Crippen MR) is 64.7 cm³/mol. The lowest BCUT2D eigenvalue weighted by atomic mass is 9.89. The van der Waals surface area contributed by atoms with E-state index in [1.165, 1.54) is 12.4 Å². The fourth-order valence-electron chi connectivity index (χ4n) is 2.57. The molecule has 2 atom stereocenters. The van der Waals surface area contributed by atoms with Crippen molar-refractivity contribution in [1.29, 1.82) is 0 Å². The van der Waals surface area contributed by atoms with E-state index < -0.39 is 11.7 Å². The summed E-state index contributed by atoms with van der Waals surface area (Å²) in [6.07, 6.45) is 2.41. The molecule has 2 unspecified atom stereocenters. The summed E-state index contributed by atoms with van der Waals surface area (Å²) in [7, 11) is 0. The molecule has 0 N–H and O–H groups in total. The largest absolute Gasteiger partial charge is 0.416 e. The van der Waals surface area contributed by atoms with Crippen molar-refractivity contribution in [2.75, 3.05) is 0 Å². The van der Waals surface area contributed by atoms with E-state index in [-0.39, 0.29) is 11.3 Å². The number of hydrogen-bond acceptors (Lipinski definition) is 1. The van der Waals surface area contributed by atoms with E-state index >= 15 is 0 Å². The van der Waals surface area contributed by atoms with Crippen LogP contribution in [0.2, 0.25) is 0 Å². The second kappa shape index (κ2) is 5.47. The van der Waals surface area contributed by atoms with Crippen LogP contribution in [0, 0.1) is 0 Å². The molecule has 18 heavy (non-hydrogen) atoms. The van der Waals surface area contributed by atoms with Gasteiger partial charge in [-0.25, -0.2) is 0 Å². The van der Waals surface area contributed by atoms with Crippen LogP contribution in [0.15, 0.2) is 18.5 Å². The van der Waals surface area contributed by atoms with Gasteiger partial charge in [0.15, 0.2) is 0 Å². The monoisotopic (exact) mass is 277 g/mol. The number of alkyl halides is 4. The lowest BCUT2D eigenvalue weighted by molar-refractivity contribution is -0.138. The van der Waals surface area contributed by atoms with Gasteiger partial charge in [-0.3, -0.25) is 4.98 Å². The molecule has 5 heteroatoms. The molecule has 0 bridgehead atoms. The summed E-state index contributed by atoms with van der Waals surface area (Å²) in [6.45, 7) is 0. The molecule has 1 aliphatic rings. The highest BCUT2D eigenvalue weighted by Gasteiger charge is 2.35. The second-order valence-corrected chi connectivity index (χ2v) is 5.39. The first-order valence-electron chi connectivity index (χ1n) is 6.13. The minimum atomic E-state index is -4.31. The topological polar surface area (TPSA) is 12.9 Å². The molecule has 0 aliphatic heterocycles. The Kier molecular flexibility index (Phi) is 4.15. The molecule has 0 aromatic carbocycles. The van der Waals surface area contributed by atoms with Gasteiger partial charge in [-0.2, -0.15) is 13.2 Å². The van der Waals surface area contributed by atoms with Crippen LogP contribution in [0.1, 0.15) is 49.1 Å². The first-order valence-corrected chi connectivity index (χ1v) is 6.57. The Bertz CT molecular complexity index is 405. The highest BCUT2D eigenvalue weighted by Crippen LogP contribution is 2.40. The summed E-state index contributed by atoms with van der Waals surface area (Å²) in [6, 6.07) is 1.06. The molecule has 1 aromatic rings. The lowest BCUT2D eigenvalue weighted by Crippen LogP contribution is -2.14. The van der Waals surface area contributed by atoms with Crippen molar-refractivity contribution in [2.45, 2.75) is 49.6 Å².